The van der Waals surface area contributed by atoms with E-state index in [-0.39, 0.29) is 5.91 Å². The van der Waals surface area contributed by atoms with Gasteiger partial charge in [0.2, 0.25) is 5.91 Å². The summed E-state index contributed by atoms with van der Waals surface area (Å²) in [5, 5.41) is 0. The minimum absolute atomic E-state index is 0.316. The van der Waals surface area contributed by atoms with Crippen molar-refractivity contribution in [3.63, 3.8) is 0 Å². The van der Waals surface area contributed by atoms with Gasteiger partial charge in [-0.1, -0.05) is 26.3 Å². The predicted molar refractivity (Wildman–Crippen MR) is 57.2 cm³/mol. The number of hydrogen-bond acceptors (Lipinski definition) is 2. The molecule has 0 atom stereocenters. The number of carbonyl (C=O) groups is 1. The van der Waals surface area contributed by atoms with E-state index >= 15 is 0 Å². The number of primary amides is 1. The van der Waals surface area contributed by atoms with Gasteiger partial charge in [0.05, 0.1) is 0 Å². The molecule has 0 aromatic carbocycles. The van der Waals surface area contributed by atoms with Gasteiger partial charge >= 0.3 is 0 Å². The second-order valence-corrected chi connectivity index (χ2v) is 2.83. The van der Waals surface area contributed by atoms with Crippen molar-refractivity contribution < 1.29 is 4.79 Å². The second-order valence-electron chi connectivity index (χ2n) is 2.83. The standard InChI is InChI=1S/C7H13NO.C3H9N/c1-3-4-5-6(2)7(8)9;1-2-3-4/h5H,3-4H2,1-2H3,(H2,8,9);2-4H2,1H3. The number of amides is 1. The van der Waals surface area contributed by atoms with Gasteiger partial charge in [-0.25, -0.2) is 0 Å². The van der Waals surface area contributed by atoms with E-state index < -0.39 is 0 Å². The molecule has 0 unspecified atom stereocenters. The number of unbranched alkanes of at least 4 members (excludes halogenated alkanes) is 1. The number of hydrogen-bond donors (Lipinski definition) is 2. The summed E-state index contributed by atoms with van der Waals surface area (Å²) in [7, 11) is 0. The summed E-state index contributed by atoms with van der Waals surface area (Å²) in [5.41, 5.74) is 10.7. The summed E-state index contributed by atoms with van der Waals surface area (Å²) < 4.78 is 0. The van der Waals surface area contributed by atoms with Crippen LogP contribution in [0.15, 0.2) is 11.6 Å². The van der Waals surface area contributed by atoms with E-state index in [0.717, 1.165) is 25.8 Å². The molecule has 0 bridgehead atoms. The highest BCUT2D eigenvalue weighted by atomic mass is 16.1. The molecule has 3 nitrogen and oxygen atoms in total. The zero-order valence-electron chi connectivity index (χ0n) is 8.97. The molecule has 13 heavy (non-hydrogen) atoms. The van der Waals surface area contributed by atoms with Gasteiger partial charge in [-0.15, -0.1) is 0 Å². The van der Waals surface area contributed by atoms with Crippen LogP contribution in [-0.4, -0.2) is 12.5 Å². The molecule has 78 valence electrons. The molecule has 0 radical (unpaired) electrons. The van der Waals surface area contributed by atoms with E-state index in [1.807, 2.05) is 6.08 Å². The van der Waals surface area contributed by atoms with Crippen molar-refractivity contribution >= 4 is 5.91 Å². The van der Waals surface area contributed by atoms with Gasteiger partial charge in [0.25, 0.3) is 0 Å². The van der Waals surface area contributed by atoms with Crippen molar-refractivity contribution in [2.24, 2.45) is 11.5 Å². The Hall–Kier alpha value is -0.830. The molecular weight excluding hydrogens is 164 g/mol. The molecule has 0 saturated carbocycles. The third-order valence-electron chi connectivity index (χ3n) is 1.42. The van der Waals surface area contributed by atoms with Crippen LogP contribution < -0.4 is 11.5 Å². The molecule has 0 spiro atoms. The molecule has 3 heteroatoms. The van der Waals surface area contributed by atoms with Crippen LogP contribution in [0.5, 0.6) is 0 Å². The van der Waals surface area contributed by atoms with Crippen molar-refractivity contribution in [3.8, 4) is 0 Å². The Balaban J connectivity index is 0. The van der Waals surface area contributed by atoms with Gasteiger partial charge in [0, 0.05) is 5.57 Å². The fourth-order valence-corrected chi connectivity index (χ4v) is 0.461. The van der Waals surface area contributed by atoms with E-state index in [1.165, 1.54) is 0 Å². The van der Waals surface area contributed by atoms with E-state index in [9.17, 15) is 4.79 Å². The normalized spacial score (nSPS) is 10.3. The lowest BCUT2D eigenvalue weighted by molar-refractivity contribution is -0.114. The third kappa shape index (κ3) is 14.1. The molecule has 0 aliphatic heterocycles. The van der Waals surface area contributed by atoms with Crippen molar-refractivity contribution in [2.75, 3.05) is 6.54 Å². The number of carbonyl (C=O) groups excluding carboxylic acids is 1. The van der Waals surface area contributed by atoms with Crippen LogP contribution in [0.2, 0.25) is 0 Å². The Morgan fingerprint density at radius 1 is 1.31 bits per heavy atom. The Bertz CT molecular complexity index is 151. The highest BCUT2D eigenvalue weighted by molar-refractivity contribution is 5.91. The Morgan fingerprint density at radius 3 is 2.00 bits per heavy atom. The average Bonchev–Trinajstić information content (AvgIpc) is 2.14. The van der Waals surface area contributed by atoms with Crippen LogP contribution in [0.4, 0.5) is 0 Å². The van der Waals surface area contributed by atoms with Gasteiger partial charge in [-0.3, -0.25) is 4.79 Å². The molecule has 1 amide bonds. The Labute approximate surface area is 81.2 Å². The van der Waals surface area contributed by atoms with Gasteiger partial charge in [-0.2, -0.15) is 0 Å². The molecule has 0 heterocycles. The summed E-state index contributed by atoms with van der Waals surface area (Å²) in [4.78, 5) is 10.4. The molecule has 0 saturated heterocycles. The zero-order chi connectivity index (χ0) is 10.7. The number of rotatable bonds is 4. The largest absolute Gasteiger partial charge is 0.366 e. The summed E-state index contributed by atoms with van der Waals surface area (Å²) in [6.45, 7) is 6.67. The smallest absolute Gasteiger partial charge is 0.244 e. The molecule has 0 fully saturated rings. The lowest BCUT2D eigenvalue weighted by Crippen LogP contribution is -2.11. The van der Waals surface area contributed by atoms with Crippen LogP contribution in [0.1, 0.15) is 40.0 Å². The van der Waals surface area contributed by atoms with Crippen LogP contribution in [0.3, 0.4) is 0 Å². The van der Waals surface area contributed by atoms with Crippen molar-refractivity contribution in [1.82, 2.24) is 0 Å². The Morgan fingerprint density at radius 2 is 1.77 bits per heavy atom. The maximum absolute atomic E-state index is 10.4. The van der Waals surface area contributed by atoms with Crippen LogP contribution in [0.25, 0.3) is 0 Å². The average molecular weight is 186 g/mol. The van der Waals surface area contributed by atoms with E-state index in [1.54, 1.807) is 6.92 Å². The van der Waals surface area contributed by atoms with Crippen LogP contribution >= 0.6 is 0 Å². The quantitative estimate of drug-likeness (QED) is 0.654. The summed E-state index contributed by atoms with van der Waals surface area (Å²) in [6, 6.07) is 0. The maximum atomic E-state index is 10.4. The first-order valence-electron chi connectivity index (χ1n) is 4.76. The van der Waals surface area contributed by atoms with Crippen LogP contribution in [0, 0.1) is 0 Å². The fourth-order valence-electron chi connectivity index (χ4n) is 0.461. The molecule has 0 aliphatic carbocycles. The monoisotopic (exact) mass is 186 g/mol. The van der Waals surface area contributed by atoms with Gasteiger partial charge in [0.15, 0.2) is 0 Å². The van der Waals surface area contributed by atoms with Crippen molar-refractivity contribution in [1.29, 1.82) is 0 Å². The summed E-state index contributed by atoms with van der Waals surface area (Å²) in [5.74, 6) is -0.316. The first-order valence-corrected chi connectivity index (χ1v) is 4.76. The van der Waals surface area contributed by atoms with Crippen molar-refractivity contribution in [2.45, 2.75) is 40.0 Å². The van der Waals surface area contributed by atoms with Crippen LogP contribution in [-0.2, 0) is 4.79 Å². The number of allylic oxidation sites excluding steroid dienone is 1. The van der Waals surface area contributed by atoms with E-state index in [4.69, 9.17) is 11.5 Å². The van der Waals surface area contributed by atoms with E-state index in [0.29, 0.717) is 5.57 Å². The fraction of sp³-hybridized carbons (Fsp3) is 0.700. The highest BCUT2D eigenvalue weighted by Crippen LogP contribution is 1.95. The Kier molecular flexibility index (Phi) is 12.6. The lowest BCUT2D eigenvalue weighted by atomic mass is 10.2. The van der Waals surface area contributed by atoms with Crippen molar-refractivity contribution in [3.05, 3.63) is 11.6 Å². The SMILES string of the molecule is CCCC=C(C)C(N)=O.CCCN. The minimum Gasteiger partial charge on any atom is -0.366 e. The molecule has 0 aromatic heterocycles. The predicted octanol–water partition coefficient (Wildman–Crippen LogP) is 1.57. The van der Waals surface area contributed by atoms with Gasteiger partial charge in [-0.05, 0) is 26.3 Å². The molecule has 0 aliphatic rings. The van der Waals surface area contributed by atoms with E-state index in [2.05, 4.69) is 13.8 Å². The molecule has 0 aromatic rings. The molecule has 4 N–H and O–H groups in total. The summed E-state index contributed by atoms with van der Waals surface area (Å²) in [6.07, 6.45) is 4.96. The lowest BCUT2D eigenvalue weighted by Gasteiger charge is -1.90. The summed E-state index contributed by atoms with van der Waals surface area (Å²) >= 11 is 0. The third-order valence-corrected chi connectivity index (χ3v) is 1.42. The highest BCUT2D eigenvalue weighted by Gasteiger charge is 1.93. The first-order chi connectivity index (χ1) is 6.09. The van der Waals surface area contributed by atoms with Gasteiger partial charge < -0.3 is 11.5 Å². The molecular formula is C10H22N2O. The second kappa shape index (κ2) is 11.2. The first kappa shape index (κ1) is 14.7. The zero-order valence-corrected chi connectivity index (χ0v) is 8.97. The topological polar surface area (TPSA) is 69.1 Å². The molecule has 0 rings (SSSR count). The number of nitrogens with two attached hydrogens (primary N) is 2. The maximum Gasteiger partial charge on any atom is 0.244 e. The van der Waals surface area contributed by atoms with Gasteiger partial charge in [0.1, 0.15) is 0 Å². The minimum atomic E-state index is -0.316.